The average molecular weight is 452 g/mol. The number of halogens is 4. The molecule has 1 aromatic heterocycles. The monoisotopic (exact) mass is 451 g/mol. The number of carbonyl (C=O) groups excluding carboxylic acids is 1. The molecular weight excluding hydrogens is 431 g/mol. The molecule has 0 amide bonds. The summed E-state index contributed by atoms with van der Waals surface area (Å²) < 4.78 is 44.1. The molecule has 1 N–H and O–H groups in total. The van der Waals surface area contributed by atoms with Crippen LogP contribution in [0.5, 0.6) is 0 Å². The molecule has 2 aromatic rings. The van der Waals surface area contributed by atoms with Crippen molar-refractivity contribution in [3.8, 4) is 0 Å². The number of rotatable bonds is 6. The molecule has 2 saturated carbocycles. The molecule has 0 aliphatic heterocycles. The standard InChI is InChI=1S/C22H21ClF3N3O2/c1-12-9-13(11-15(10-12)22(24,25)26)5-6-21(7-8-21)29-19-16(23)17(20(30)31-2)27-18(28-19)14-3-4-14/h5-6,9-11,14H,3-4,7-8H2,1-2H3,(H,27,28,29)/b6-5+. The van der Waals surface area contributed by atoms with Crippen molar-refractivity contribution in [2.24, 2.45) is 0 Å². The van der Waals surface area contributed by atoms with Gasteiger partial charge >= 0.3 is 12.1 Å². The fourth-order valence-electron chi connectivity index (χ4n) is 3.34. The fraction of sp³-hybridized carbons (Fsp3) is 0.409. The van der Waals surface area contributed by atoms with Crippen molar-refractivity contribution in [2.45, 2.75) is 50.2 Å². The summed E-state index contributed by atoms with van der Waals surface area (Å²) in [5.74, 6) is 0.430. The molecule has 0 atom stereocenters. The summed E-state index contributed by atoms with van der Waals surface area (Å²) in [7, 11) is 1.26. The molecule has 1 heterocycles. The third kappa shape index (κ3) is 4.84. The highest BCUT2D eigenvalue weighted by Crippen LogP contribution is 2.44. The number of alkyl halides is 3. The van der Waals surface area contributed by atoms with E-state index in [2.05, 4.69) is 15.3 Å². The molecule has 0 unspecified atom stereocenters. The van der Waals surface area contributed by atoms with Crippen molar-refractivity contribution in [3.05, 3.63) is 57.5 Å². The van der Waals surface area contributed by atoms with Gasteiger partial charge in [-0.1, -0.05) is 29.8 Å². The Labute approximate surface area is 182 Å². The summed E-state index contributed by atoms with van der Waals surface area (Å²) in [4.78, 5) is 20.9. The maximum Gasteiger partial charge on any atom is 0.416 e. The number of anilines is 1. The van der Waals surface area contributed by atoms with Crippen LogP contribution in [0.4, 0.5) is 19.0 Å². The van der Waals surface area contributed by atoms with Crippen molar-refractivity contribution < 1.29 is 22.7 Å². The molecule has 2 aliphatic carbocycles. The number of hydrogen-bond acceptors (Lipinski definition) is 5. The molecule has 31 heavy (non-hydrogen) atoms. The van der Waals surface area contributed by atoms with Gasteiger partial charge in [-0.05, 0) is 55.9 Å². The molecule has 4 rings (SSSR count). The molecule has 164 valence electrons. The van der Waals surface area contributed by atoms with Crippen molar-refractivity contribution in [1.82, 2.24) is 9.97 Å². The Kier molecular flexibility index (Phi) is 5.45. The van der Waals surface area contributed by atoms with E-state index in [9.17, 15) is 18.0 Å². The van der Waals surface area contributed by atoms with Crippen LogP contribution in [0.3, 0.4) is 0 Å². The van der Waals surface area contributed by atoms with E-state index >= 15 is 0 Å². The van der Waals surface area contributed by atoms with Crippen LogP contribution in [-0.2, 0) is 10.9 Å². The Morgan fingerprint density at radius 1 is 1.26 bits per heavy atom. The molecule has 2 aliphatic rings. The third-order valence-corrected chi connectivity index (χ3v) is 5.73. The van der Waals surface area contributed by atoms with E-state index in [1.54, 1.807) is 19.1 Å². The van der Waals surface area contributed by atoms with E-state index in [1.165, 1.54) is 7.11 Å². The lowest BCUT2D eigenvalue weighted by Crippen LogP contribution is -2.21. The summed E-state index contributed by atoms with van der Waals surface area (Å²) >= 11 is 6.38. The number of ether oxygens (including phenoxy) is 1. The summed E-state index contributed by atoms with van der Waals surface area (Å²) in [6, 6.07) is 3.94. The molecule has 0 saturated heterocycles. The number of benzene rings is 1. The minimum absolute atomic E-state index is 0.0110. The number of hydrogen-bond donors (Lipinski definition) is 1. The first-order valence-electron chi connectivity index (χ1n) is 9.92. The SMILES string of the molecule is COC(=O)c1nc(C2CC2)nc(NC2(/C=C/c3cc(C)cc(C(F)(F)F)c3)CC2)c1Cl. The number of methoxy groups -OCH3 is 1. The number of esters is 1. The van der Waals surface area contributed by atoms with E-state index in [0.29, 0.717) is 22.8 Å². The van der Waals surface area contributed by atoms with Crippen LogP contribution in [0.2, 0.25) is 5.02 Å². The normalized spacial score (nSPS) is 17.6. The first-order chi connectivity index (χ1) is 14.6. The number of aromatic nitrogens is 2. The predicted octanol–water partition coefficient (Wildman–Crippen LogP) is 5.78. The lowest BCUT2D eigenvalue weighted by atomic mass is 10.0. The first kappa shape index (κ1) is 21.6. The Hall–Kier alpha value is -2.61. The number of nitrogens with zero attached hydrogens (tertiary/aromatic N) is 2. The molecule has 0 bridgehead atoms. The minimum Gasteiger partial charge on any atom is -0.464 e. The Bertz CT molecular complexity index is 1060. The molecular formula is C22H21ClF3N3O2. The van der Waals surface area contributed by atoms with Gasteiger partial charge < -0.3 is 10.1 Å². The number of nitrogens with one attached hydrogen (secondary N) is 1. The number of carbonyl (C=O) groups is 1. The highest BCUT2D eigenvalue weighted by molar-refractivity contribution is 6.35. The van der Waals surface area contributed by atoms with Gasteiger partial charge in [-0.3, -0.25) is 0 Å². The van der Waals surface area contributed by atoms with Crippen LogP contribution in [0, 0.1) is 6.92 Å². The smallest absolute Gasteiger partial charge is 0.416 e. The highest BCUT2D eigenvalue weighted by atomic mass is 35.5. The van der Waals surface area contributed by atoms with E-state index < -0.39 is 23.2 Å². The van der Waals surface area contributed by atoms with Gasteiger partial charge in [-0.25, -0.2) is 14.8 Å². The second-order valence-electron chi connectivity index (χ2n) is 8.10. The Morgan fingerprint density at radius 2 is 1.97 bits per heavy atom. The maximum absolute atomic E-state index is 13.1. The minimum atomic E-state index is -4.40. The summed E-state index contributed by atoms with van der Waals surface area (Å²) in [5, 5.41) is 3.34. The topological polar surface area (TPSA) is 64.1 Å². The zero-order valence-corrected chi connectivity index (χ0v) is 17.8. The van der Waals surface area contributed by atoms with Gasteiger partial charge in [0.1, 0.15) is 16.7 Å². The zero-order valence-electron chi connectivity index (χ0n) is 17.0. The average Bonchev–Trinajstić information content (AvgIpc) is 3.62. The zero-order chi connectivity index (χ0) is 22.4. The van der Waals surface area contributed by atoms with Gasteiger partial charge in [0.2, 0.25) is 0 Å². The predicted molar refractivity (Wildman–Crippen MR) is 111 cm³/mol. The lowest BCUT2D eigenvalue weighted by molar-refractivity contribution is -0.137. The Balaban J connectivity index is 1.61. The van der Waals surface area contributed by atoms with Crippen molar-refractivity contribution in [1.29, 1.82) is 0 Å². The van der Waals surface area contributed by atoms with Crippen molar-refractivity contribution in [2.75, 3.05) is 12.4 Å². The lowest BCUT2D eigenvalue weighted by Gasteiger charge is -2.17. The molecule has 5 nitrogen and oxygen atoms in total. The van der Waals surface area contributed by atoms with Crippen LogP contribution in [0.15, 0.2) is 24.3 Å². The summed E-state index contributed by atoms with van der Waals surface area (Å²) in [6.07, 6.45) is 2.50. The molecule has 9 heteroatoms. The van der Waals surface area contributed by atoms with Crippen LogP contribution in [0.25, 0.3) is 6.08 Å². The van der Waals surface area contributed by atoms with Crippen LogP contribution in [0.1, 0.15) is 64.6 Å². The quantitative estimate of drug-likeness (QED) is 0.564. The van der Waals surface area contributed by atoms with Crippen LogP contribution in [-0.4, -0.2) is 28.6 Å². The third-order valence-electron chi connectivity index (χ3n) is 5.37. The maximum atomic E-state index is 13.1. The number of aryl methyl sites for hydroxylation is 1. The van der Waals surface area contributed by atoms with Gasteiger partial charge in [-0.15, -0.1) is 0 Å². The highest BCUT2D eigenvalue weighted by Gasteiger charge is 2.42. The van der Waals surface area contributed by atoms with Crippen LogP contribution >= 0.6 is 11.6 Å². The molecule has 0 spiro atoms. The van der Waals surface area contributed by atoms with Gasteiger partial charge in [0.25, 0.3) is 0 Å². The van der Waals surface area contributed by atoms with Gasteiger partial charge in [0, 0.05) is 5.92 Å². The van der Waals surface area contributed by atoms with E-state index in [0.717, 1.165) is 37.8 Å². The molecule has 1 aromatic carbocycles. The Morgan fingerprint density at radius 3 is 2.55 bits per heavy atom. The fourth-order valence-corrected chi connectivity index (χ4v) is 3.54. The summed E-state index contributed by atoms with van der Waals surface area (Å²) in [5.41, 5.74) is -0.169. The van der Waals surface area contributed by atoms with Crippen molar-refractivity contribution >= 4 is 29.5 Å². The second-order valence-corrected chi connectivity index (χ2v) is 8.48. The second kappa shape index (κ2) is 7.82. The molecule has 2 fully saturated rings. The first-order valence-corrected chi connectivity index (χ1v) is 10.3. The van der Waals surface area contributed by atoms with Gasteiger partial charge in [-0.2, -0.15) is 13.2 Å². The van der Waals surface area contributed by atoms with Gasteiger partial charge in [0.05, 0.1) is 18.2 Å². The molecule has 0 radical (unpaired) electrons. The largest absolute Gasteiger partial charge is 0.464 e. The van der Waals surface area contributed by atoms with Crippen LogP contribution < -0.4 is 5.32 Å². The van der Waals surface area contributed by atoms with E-state index in [4.69, 9.17) is 16.3 Å². The van der Waals surface area contributed by atoms with E-state index in [-0.39, 0.29) is 16.6 Å². The van der Waals surface area contributed by atoms with E-state index in [1.807, 2.05) is 6.08 Å². The van der Waals surface area contributed by atoms with Gasteiger partial charge in [0.15, 0.2) is 5.69 Å². The summed E-state index contributed by atoms with van der Waals surface area (Å²) in [6.45, 7) is 1.63. The van der Waals surface area contributed by atoms with Crippen molar-refractivity contribution in [3.63, 3.8) is 0 Å².